The zero-order valence-corrected chi connectivity index (χ0v) is 18.0. The number of benzene rings is 1. The van der Waals surface area contributed by atoms with Crippen LogP contribution in [0.1, 0.15) is 15.6 Å². The number of para-hydroxylation sites is 1. The summed E-state index contributed by atoms with van der Waals surface area (Å²) in [5, 5.41) is 4.31. The number of aryl methyl sites for hydroxylation is 2. The van der Waals surface area contributed by atoms with Gasteiger partial charge in [-0.2, -0.15) is 0 Å². The van der Waals surface area contributed by atoms with E-state index in [0.717, 1.165) is 16.7 Å². The summed E-state index contributed by atoms with van der Waals surface area (Å²) < 4.78 is 19.0. The van der Waals surface area contributed by atoms with E-state index in [4.69, 9.17) is 4.74 Å². The molecule has 0 saturated heterocycles. The molecule has 5 nitrogen and oxygen atoms in total. The molecule has 0 fully saturated rings. The van der Waals surface area contributed by atoms with Crippen LogP contribution in [0.5, 0.6) is 5.75 Å². The maximum atomic E-state index is 13.5. The Kier molecular flexibility index (Phi) is 9.12. The molecule has 0 atom stereocenters. The first-order valence-electron chi connectivity index (χ1n) is 7.73. The van der Waals surface area contributed by atoms with Crippen LogP contribution in [-0.4, -0.2) is 43.1 Å². The van der Waals surface area contributed by atoms with E-state index in [9.17, 15) is 4.39 Å². The number of halogens is 2. The molecular formula is C17H24FIN4OS. The number of likely N-dealkylation sites (N-methyl/N-ethyl adjacent to an activating group) is 1. The Morgan fingerprint density at radius 2 is 2.08 bits per heavy atom. The van der Waals surface area contributed by atoms with Gasteiger partial charge in [0.1, 0.15) is 11.6 Å². The summed E-state index contributed by atoms with van der Waals surface area (Å²) in [5.41, 5.74) is 1.07. The lowest BCUT2D eigenvalue weighted by Gasteiger charge is -2.21. The summed E-state index contributed by atoms with van der Waals surface area (Å²) in [6.07, 6.45) is 0. The minimum atomic E-state index is -0.350. The first-order valence-corrected chi connectivity index (χ1v) is 8.55. The number of hydrogen-bond acceptors (Lipinski definition) is 4. The average molecular weight is 478 g/mol. The zero-order chi connectivity index (χ0) is 17.5. The summed E-state index contributed by atoms with van der Waals surface area (Å²) in [5.74, 6) is 0.664. The van der Waals surface area contributed by atoms with E-state index in [1.807, 2.05) is 18.9 Å². The normalized spacial score (nSPS) is 11.0. The highest BCUT2D eigenvalue weighted by Crippen LogP contribution is 2.16. The molecule has 8 heteroatoms. The molecule has 1 heterocycles. The molecule has 0 aliphatic rings. The van der Waals surface area contributed by atoms with Crippen molar-refractivity contribution >= 4 is 41.3 Å². The van der Waals surface area contributed by atoms with Crippen LogP contribution in [0.3, 0.4) is 0 Å². The van der Waals surface area contributed by atoms with Gasteiger partial charge in [-0.25, -0.2) is 9.37 Å². The maximum absolute atomic E-state index is 13.5. The van der Waals surface area contributed by atoms with Gasteiger partial charge in [0.05, 0.1) is 18.8 Å². The molecule has 1 aromatic heterocycles. The number of thiazole rings is 1. The smallest absolute Gasteiger partial charge is 0.193 e. The number of nitrogens with zero attached hydrogens (tertiary/aromatic N) is 3. The van der Waals surface area contributed by atoms with Crippen LogP contribution in [0.15, 0.2) is 29.3 Å². The number of aliphatic imine (C=N–C) groups is 1. The minimum Gasteiger partial charge on any atom is -0.489 e. The zero-order valence-electron chi connectivity index (χ0n) is 14.9. The van der Waals surface area contributed by atoms with Crippen LogP contribution in [0.25, 0.3) is 0 Å². The predicted molar refractivity (Wildman–Crippen MR) is 112 cm³/mol. The second-order valence-electron chi connectivity index (χ2n) is 5.35. The van der Waals surface area contributed by atoms with Gasteiger partial charge in [0.25, 0.3) is 0 Å². The Bertz CT molecular complexity index is 688. The van der Waals surface area contributed by atoms with E-state index in [-0.39, 0.29) is 35.5 Å². The van der Waals surface area contributed by atoms with Crippen molar-refractivity contribution in [1.29, 1.82) is 0 Å². The van der Waals surface area contributed by atoms with Crippen LogP contribution in [0.2, 0.25) is 0 Å². The molecule has 2 aromatic rings. The SMILES string of the molecule is CN=C(NCc1nc(C)c(C)s1)N(C)CCOc1ccccc1F.I. The third kappa shape index (κ3) is 6.43. The van der Waals surface area contributed by atoms with Gasteiger partial charge in [-0.3, -0.25) is 4.99 Å². The van der Waals surface area contributed by atoms with Crippen molar-refractivity contribution < 1.29 is 9.13 Å². The predicted octanol–water partition coefficient (Wildman–Crippen LogP) is 3.60. The first-order chi connectivity index (χ1) is 11.5. The molecule has 0 spiro atoms. The van der Waals surface area contributed by atoms with Crippen LogP contribution < -0.4 is 10.1 Å². The van der Waals surface area contributed by atoms with Crippen LogP contribution >= 0.6 is 35.3 Å². The second-order valence-corrected chi connectivity index (χ2v) is 6.64. The van der Waals surface area contributed by atoms with E-state index < -0.39 is 0 Å². The molecular weight excluding hydrogens is 454 g/mol. The lowest BCUT2D eigenvalue weighted by molar-refractivity contribution is 0.270. The monoisotopic (exact) mass is 478 g/mol. The second kappa shape index (κ2) is 10.5. The van der Waals surface area contributed by atoms with Crippen LogP contribution in [0, 0.1) is 19.7 Å². The van der Waals surface area contributed by atoms with Crippen molar-refractivity contribution in [1.82, 2.24) is 15.2 Å². The number of rotatable bonds is 6. The van der Waals surface area contributed by atoms with Crippen molar-refractivity contribution in [3.05, 3.63) is 45.7 Å². The highest BCUT2D eigenvalue weighted by Gasteiger charge is 2.09. The first kappa shape index (κ1) is 21.6. The molecule has 1 aromatic carbocycles. The molecule has 0 aliphatic heterocycles. The highest BCUT2D eigenvalue weighted by molar-refractivity contribution is 14.0. The molecule has 1 N–H and O–H groups in total. The molecule has 0 radical (unpaired) electrons. The Hall–Kier alpha value is -1.42. The van der Waals surface area contributed by atoms with Crippen molar-refractivity contribution in [3.63, 3.8) is 0 Å². The van der Waals surface area contributed by atoms with Crippen LogP contribution in [-0.2, 0) is 6.54 Å². The molecule has 0 bridgehead atoms. The number of nitrogens with one attached hydrogen (secondary N) is 1. The Morgan fingerprint density at radius 3 is 2.68 bits per heavy atom. The number of ether oxygens (including phenoxy) is 1. The number of aromatic nitrogens is 1. The molecule has 138 valence electrons. The third-order valence-corrected chi connectivity index (χ3v) is 4.64. The van der Waals surface area contributed by atoms with Crippen molar-refractivity contribution in [2.24, 2.45) is 4.99 Å². The summed E-state index contributed by atoms with van der Waals surface area (Å²) in [7, 11) is 3.65. The van der Waals surface area contributed by atoms with Crippen LogP contribution in [0.4, 0.5) is 4.39 Å². The summed E-state index contributed by atoms with van der Waals surface area (Å²) in [4.78, 5) is 11.9. The van der Waals surface area contributed by atoms with Crippen molar-refractivity contribution in [3.8, 4) is 5.75 Å². The van der Waals surface area contributed by atoms with Gasteiger partial charge in [-0.1, -0.05) is 12.1 Å². The van der Waals surface area contributed by atoms with Gasteiger partial charge in [0, 0.05) is 19.0 Å². The Balaban J connectivity index is 0.00000312. The lowest BCUT2D eigenvalue weighted by atomic mass is 10.3. The Morgan fingerprint density at radius 1 is 1.36 bits per heavy atom. The quantitative estimate of drug-likeness (QED) is 0.392. The fourth-order valence-corrected chi connectivity index (χ4v) is 2.99. The van der Waals surface area contributed by atoms with Crippen molar-refractivity contribution in [2.45, 2.75) is 20.4 Å². The number of guanidine groups is 1. The van der Waals surface area contributed by atoms with Gasteiger partial charge >= 0.3 is 0 Å². The van der Waals surface area contributed by atoms with Gasteiger partial charge in [-0.05, 0) is 26.0 Å². The number of hydrogen-bond donors (Lipinski definition) is 1. The van der Waals surface area contributed by atoms with E-state index in [1.54, 1.807) is 36.6 Å². The van der Waals surface area contributed by atoms with Gasteiger partial charge in [-0.15, -0.1) is 35.3 Å². The largest absolute Gasteiger partial charge is 0.489 e. The molecule has 0 unspecified atom stereocenters. The average Bonchev–Trinajstić information content (AvgIpc) is 2.88. The molecule has 25 heavy (non-hydrogen) atoms. The summed E-state index contributed by atoms with van der Waals surface area (Å²) in [6.45, 7) is 5.66. The van der Waals surface area contributed by atoms with E-state index in [2.05, 4.69) is 22.2 Å². The summed E-state index contributed by atoms with van der Waals surface area (Å²) >= 11 is 1.68. The summed E-state index contributed by atoms with van der Waals surface area (Å²) in [6, 6.07) is 6.40. The molecule has 0 aliphatic carbocycles. The fourth-order valence-electron chi connectivity index (χ4n) is 2.11. The topological polar surface area (TPSA) is 49.8 Å². The highest BCUT2D eigenvalue weighted by atomic mass is 127. The fraction of sp³-hybridized carbons (Fsp3) is 0.412. The minimum absolute atomic E-state index is 0. The van der Waals surface area contributed by atoms with Crippen molar-refractivity contribution in [2.75, 3.05) is 27.2 Å². The van der Waals surface area contributed by atoms with E-state index >= 15 is 0 Å². The van der Waals surface area contributed by atoms with Gasteiger partial charge in [0.15, 0.2) is 17.5 Å². The van der Waals surface area contributed by atoms with E-state index in [1.165, 1.54) is 10.9 Å². The third-order valence-electron chi connectivity index (χ3n) is 3.56. The Labute approximate surface area is 169 Å². The lowest BCUT2D eigenvalue weighted by Crippen LogP contribution is -2.40. The molecule has 0 saturated carbocycles. The van der Waals surface area contributed by atoms with Gasteiger partial charge < -0.3 is 15.0 Å². The van der Waals surface area contributed by atoms with E-state index in [0.29, 0.717) is 19.7 Å². The standard InChI is InChI=1S/C17H23FN4OS.HI/c1-12-13(2)24-16(21-12)11-20-17(19-3)22(4)9-10-23-15-8-6-5-7-14(15)18;/h5-8H,9-11H2,1-4H3,(H,19,20);1H. The maximum Gasteiger partial charge on any atom is 0.193 e. The molecule has 2 rings (SSSR count). The van der Waals surface area contributed by atoms with Gasteiger partial charge in [0.2, 0.25) is 0 Å². The molecule has 0 amide bonds.